The van der Waals surface area contributed by atoms with Crippen molar-refractivity contribution >= 4 is 43.4 Å². The van der Waals surface area contributed by atoms with Crippen LogP contribution in [-0.2, 0) is 26.5 Å². The summed E-state index contributed by atoms with van der Waals surface area (Å²) in [4.78, 5) is 9.99. The van der Waals surface area contributed by atoms with Crippen molar-refractivity contribution < 1.29 is 31.4 Å². The second-order valence-electron chi connectivity index (χ2n) is 11.9. The summed E-state index contributed by atoms with van der Waals surface area (Å²) < 4.78 is 48.9. The SMILES string of the molecule is Cc1c[c-]c(-c2ccc(C)cn2)cc1.[2H]C([2H])([2H])c1cnc(-c2[c-]ccc3c2oc2c3ccc3cc(C)sc32)cc1C([2H])([2H])C(C)(C)C.[Ir]. The number of nitrogens with zero attached hydrogens (tertiary/aromatic N) is 2. The van der Waals surface area contributed by atoms with Crippen LogP contribution in [-0.4, -0.2) is 9.97 Å². The summed E-state index contributed by atoms with van der Waals surface area (Å²) in [7, 11) is 0. The molecule has 0 spiro atoms. The third-order valence-electron chi connectivity index (χ3n) is 7.03. The smallest absolute Gasteiger partial charge is 0.138 e. The van der Waals surface area contributed by atoms with Crippen LogP contribution in [0.3, 0.4) is 0 Å². The molecule has 4 aromatic heterocycles. The molecule has 0 fully saturated rings. The zero-order valence-corrected chi connectivity index (χ0v) is 28.8. The minimum Gasteiger partial charge on any atom is -0.499 e. The zero-order valence-electron chi connectivity index (χ0n) is 30.5. The van der Waals surface area contributed by atoms with Crippen LogP contribution in [0, 0.1) is 45.2 Å². The average molecular weight is 778 g/mol. The van der Waals surface area contributed by atoms with E-state index >= 15 is 0 Å². The van der Waals surface area contributed by atoms with Crippen molar-refractivity contribution in [1.29, 1.82) is 0 Å². The Labute approximate surface area is 284 Å². The van der Waals surface area contributed by atoms with Gasteiger partial charge in [-0.1, -0.05) is 74.5 Å². The van der Waals surface area contributed by atoms with Crippen LogP contribution in [0.2, 0.25) is 0 Å². The van der Waals surface area contributed by atoms with Crippen molar-refractivity contribution in [2.75, 3.05) is 0 Å². The Balaban J connectivity index is 0.000000262. The molecule has 1 radical (unpaired) electrons. The standard InChI is InChI=1S/C26H24NOS.C13H12N.Ir/c1-15-14-27-22(12-18(15)13-26(3,4)5)21-8-6-7-19-20-10-9-17-11-16(2)29-25(17)24(20)28-23(19)21;1-10-3-6-12(7-4-10)13-8-5-11(2)9-14-13;/h6-7,9-12,14H,13H2,1-5H3;3-6,8-9H,1-2H3;/q2*-1;/i1D3,13D2;;. The van der Waals surface area contributed by atoms with Gasteiger partial charge in [0.05, 0.1) is 10.3 Å². The molecule has 0 amide bonds. The molecule has 0 unspecified atom stereocenters. The van der Waals surface area contributed by atoms with Crippen molar-refractivity contribution in [3.63, 3.8) is 0 Å². The maximum Gasteiger partial charge on any atom is 0.138 e. The number of fused-ring (bicyclic) bond motifs is 5. The van der Waals surface area contributed by atoms with E-state index < -0.39 is 18.6 Å². The van der Waals surface area contributed by atoms with Crippen molar-refractivity contribution in [3.05, 3.63) is 118 Å². The number of furan rings is 1. The Hall–Kier alpha value is -3.63. The van der Waals surface area contributed by atoms with Crippen LogP contribution in [0.25, 0.3) is 54.5 Å². The van der Waals surface area contributed by atoms with Gasteiger partial charge in [0.1, 0.15) is 5.58 Å². The van der Waals surface area contributed by atoms with Crippen LogP contribution >= 0.6 is 11.3 Å². The van der Waals surface area contributed by atoms with Crippen LogP contribution in [0.15, 0.2) is 83.5 Å². The van der Waals surface area contributed by atoms with E-state index in [0.717, 1.165) is 37.7 Å². The van der Waals surface area contributed by atoms with Crippen LogP contribution in [0.5, 0.6) is 0 Å². The molecule has 0 bridgehead atoms. The van der Waals surface area contributed by atoms with E-state index in [0.29, 0.717) is 16.8 Å². The van der Waals surface area contributed by atoms with Crippen molar-refractivity contribution in [1.82, 2.24) is 9.97 Å². The summed E-state index contributed by atoms with van der Waals surface area (Å²) in [5.74, 6) is 0. The molecule has 0 N–H and O–H groups in total. The molecule has 7 rings (SSSR count). The van der Waals surface area contributed by atoms with Gasteiger partial charge in [-0.25, -0.2) is 0 Å². The van der Waals surface area contributed by atoms with Crippen LogP contribution in [0.1, 0.15) is 54.8 Å². The molecule has 3 nitrogen and oxygen atoms in total. The fourth-order valence-corrected chi connectivity index (χ4v) is 6.00. The number of pyridine rings is 2. The van der Waals surface area contributed by atoms with Crippen molar-refractivity contribution in [2.24, 2.45) is 5.41 Å². The van der Waals surface area contributed by atoms with Gasteiger partial charge in [-0.15, -0.1) is 64.9 Å². The molecule has 225 valence electrons. The Morgan fingerprint density at radius 2 is 1.64 bits per heavy atom. The monoisotopic (exact) mass is 778 g/mol. The van der Waals surface area contributed by atoms with Crippen LogP contribution < -0.4 is 0 Å². The Morgan fingerprint density at radius 1 is 0.864 bits per heavy atom. The van der Waals surface area contributed by atoms with Gasteiger partial charge < -0.3 is 14.4 Å². The molecule has 44 heavy (non-hydrogen) atoms. The normalized spacial score (nSPS) is 13.7. The topological polar surface area (TPSA) is 38.9 Å². The van der Waals surface area contributed by atoms with Gasteiger partial charge in [-0.3, -0.25) is 0 Å². The first kappa shape index (κ1) is 25.7. The van der Waals surface area contributed by atoms with Gasteiger partial charge in [-0.05, 0) is 66.5 Å². The fourth-order valence-electron chi connectivity index (χ4n) is 5.00. The van der Waals surface area contributed by atoms with E-state index in [1.54, 1.807) is 44.2 Å². The third-order valence-corrected chi connectivity index (χ3v) is 8.10. The minimum absolute atomic E-state index is 0. The molecule has 0 saturated heterocycles. The predicted molar refractivity (Wildman–Crippen MR) is 182 cm³/mol. The van der Waals surface area contributed by atoms with E-state index in [-0.39, 0.29) is 31.2 Å². The molecule has 5 heteroatoms. The summed E-state index contributed by atoms with van der Waals surface area (Å²) in [6.45, 7) is 8.96. The number of hydrogen-bond acceptors (Lipinski definition) is 4. The molecular weight excluding hydrogens is 737 g/mol. The van der Waals surface area contributed by atoms with Gasteiger partial charge >= 0.3 is 0 Å². The Kier molecular flexibility index (Phi) is 7.45. The van der Waals surface area contributed by atoms with Crippen molar-refractivity contribution in [2.45, 2.75) is 54.8 Å². The number of aromatic nitrogens is 2. The summed E-state index contributed by atoms with van der Waals surface area (Å²) in [6, 6.07) is 28.2. The van der Waals surface area contributed by atoms with E-state index in [2.05, 4.69) is 60.2 Å². The molecule has 0 saturated carbocycles. The van der Waals surface area contributed by atoms with E-state index in [4.69, 9.17) is 11.3 Å². The third kappa shape index (κ3) is 6.71. The molecule has 0 atom stereocenters. The number of hydrogen-bond donors (Lipinski definition) is 0. The quantitative estimate of drug-likeness (QED) is 0.168. The molecular formula is C39H36IrN2OS-2. The molecule has 0 aliphatic rings. The number of benzene rings is 3. The molecule has 0 aliphatic carbocycles. The van der Waals surface area contributed by atoms with Gasteiger partial charge in [-0.2, -0.15) is 0 Å². The van der Waals surface area contributed by atoms with Crippen molar-refractivity contribution in [3.8, 4) is 22.5 Å². The minimum atomic E-state index is -2.49. The fraction of sp³-hybridized carbons (Fsp3) is 0.231. The number of thiophene rings is 1. The molecule has 0 aliphatic heterocycles. The van der Waals surface area contributed by atoms with E-state index in [9.17, 15) is 0 Å². The Morgan fingerprint density at radius 3 is 2.34 bits per heavy atom. The second kappa shape index (κ2) is 12.8. The second-order valence-corrected chi connectivity index (χ2v) is 13.2. The van der Waals surface area contributed by atoms with E-state index in [1.807, 2.05) is 43.5 Å². The first-order chi connectivity index (χ1) is 22.5. The maximum atomic E-state index is 8.80. The average Bonchev–Trinajstić information content (AvgIpc) is 3.61. The van der Waals surface area contributed by atoms with Gasteiger partial charge in [0.15, 0.2) is 0 Å². The van der Waals surface area contributed by atoms with E-state index in [1.165, 1.54) is 22.2 Å². The van der Waals surface area contributed by atoms with Gasteiger partial charge in [0.2, 0.25) is 0 Å². The zero-order chi connectivity index (χ0) is 34.6. The summed E-state index contributed by atoms with van der Waals surface area (Å²) in [5, 5.41) is 3.03. The molecule has 4 heterocycles. The first-order valence-corrected chi connectivity index (χ1v) is 15.0. The molecule has 3 aromatic carbocycles. The van der Waals surface area contributed by atoms with Gasteiger partial charge in [0.25, 0.3) is 0 Å². The predicted octanol–water partition coefficient (Wildman–Crippen LogP) is 11.0. The van der Waals surface area contributed by atoms with Gasteiger partial charge in [0, 0.05) is 49.6 Å². The molecule has 7 aromatic rings. The number of rotatable bonds is 3. The van der Waals surface area contributed by atoms with Crippen LogP contribution in [0.4, 0.5) is 0 Å². The maximum absolute atomic E-state index is 8.80. The Bertz CT molecular complexity index is 2220. The summed E-state index contributed by atoms with van der Waals surface area (Å²) >= 11 is 1.68. The summed E-state index contributed by atoms with van der Waals surface area (Å²) in [6.07, 6.45) is 1.25. The number of aryl methyl sites for hydroxylation is 4. The summed E-state index contributed by atoms with van der Waals surface area (Å²) in [5.41, 5.74) is 6.06. The first-order valence-electron chi connectivity index (χ1n) is 16.7. The largest absolute Gasteiger partial charge is 0.499 e.